The fraction of sp³-hybridized carbons (Fsp3) is 0.0455. The Balaban J connectivity index is 1.66. The van der Waals surface area contributed by atoms with Crippen LogP contribution in [0.4, 0.5) is 5.69 Å². The van der Waals surface area contributed by atoms with Gasteiger partial charge in [0.2, 0.25) is 0 Å². The third-order valence-corrected chi connectivity index (χ3v) is 6.45. The fourth-order valence-electron chi connectivity index (χ4n) is 3.05. The van der Waals surface area contributed by atoms with Crippen molar-refractivity contribution in [3.8, 4) is 11.3 Å². The predicted octanol–water partition coefficient (Wildman–Crippen LogP) is 6.67. The molecule has 1 N–H and O–H groups in total. The van der Waals surface area contributed by atoms with Crippen molar-refractivity contribution in [2.75, 3.05) is 4.90 Å². The van der Waals surface area contributed by atoms with Crippen LogP contribution in [0.1, 0.15) is 21.7 Å². The Morgan fingerprint density at radius 1 is 1.16 bits per heavy atom. The number of amides is 1. The molecule has 1 saturated heterocycles. The Hall–Kier alpha value is -2.58. The largest absolute Gasteiger partial charge is 0.478 e. The van der Waals surface area contributed by atoms with Crippen molar-refractivity contribution in [3.05, 3.63) is 80.4 Å². The number of thioether (sulfide) groups is 1. The van der Waals surface area contributed by atoms with Gasteiger partial charge in [-0.1, -0.05) is 53.2 Å². The van der Waals surface area contributed by atoms with Crippen LogP contribution >= 0.6 is 47.2 Å². The molecule has 1 fully saturated rings. The van der Waals surface area contributed by atoms with Gasteiger partial charge < -0.3 is 9.52 Å². The summed E-state index contributed by atoms with van der Waals surface area (Å²) in [7, 11) is 0. The van der Waals surface area contributed by atoms with E-state index in [2.05, 4.69) is 0 Å². The number of anilines is 1. The number of carbonyl (C=O) groups is 2. The first kappa shape index (κ1) is 21.6. The maximum atomic E-state index is 13.1. The van der Waals surface area contributed by atoms with E-state index in [0.29, 0.717) is 42.0 Å². The van der Waals surface area contributed by atoms with Gasteiger partial charge in [0.05, 0.1) is 21.2 Å². The first-order valence-corrected chi connectivity index (χ1v) is 10.9. The molecule has 4 rings (SSSR count). The highest BCUT2D eigenvalue weighted by Crippen LogP contribution is 2.38. The number of halogens is 2. The molecule has 0 radical (unpaired) electrons. The van der Waals surface area contributed by atoms with Gasteiger partial charge >= 0.3 is 5.97 Å². The van der Waals surface area contributed by atoms with Gasteiger partial charge in [-0.3, -0.25) is 9.69 Å². The topological polar surface area (TPSA) is 70.8 Å². The Morgan fingerprint density at radius 3 is 2.68 bits per heavy atom. The highest BCUT2D eigenvalue weighted by atomic mass is 35.5. The van der Waals surface area contributed by atoms with Crippen molar-refractivity contribution < 1.29 is 19.1 Å². The van der Waals surface area contributed by atoms with E-state index in [-0.39, 0.29) is 11.5 Å². The van der Waals surface area contributed by atoms with Crippen molar-refractivity contribution in [2.24, 2.45) is 0 Å². The lowest BCUT2D eigenvalue weighted by Gasteiger charge is -2.17. The summed E-state index contributed by atoms with van der Waals surface area (Å²) in [6.45, 7) is 1.79. The number of carboxylic acids is 1. The molecule has 0 bridgehead atoms. The van der Waals surface area contributed by atoms with E-state index in [1.54, 1.807) is 49.4 Å². The number of hydrogen-bond acceptors (Lipinski definition) is 5. The van der Waals surface area contributed by atoms with Gasteiger partial charge in [0.1, 0.15) is 11.5 Å². The minimum atomic E-state index is -1.08. The average molecular weight is 490 g/mol. The van der Waals surface area contributed by atoms with E-state index in [0.717, 1.165) is 17.3 Å². The number of hydrogen-bond donors (Lipinski definition) is 1. The van der Waals surface area contributed by atoms with E-state index in [1.165, 1.54) is 17.0 Å². The first-order chi connectivity index (χ1) is 14.7. The van der Waals surface area contributed by atoms with Crippen LogP contribution in [0.3, 0.4) is 0 Å². The van der Waals surface area contributed by atoms with Crippen LogP contribution in [0, 0.1) is 6.92 Å². The van der Waals surface area contributed by atoms with Crippen molar-refractivity contribution >= 4 is 75.1 Å². The van der Waals surface area contributed by atoms with Gasteiger partial charge in [0.25, 0.3) is 5.91 Å². The molecular weight excluding hydrogens is 477 g/mol. The lowest BCUT2D eigenvalue weighted by Crippen LogP contribution is -2.28. The number of furan rings is 1. The molecule has 0 spiro atoms. The molecule has 1 aliphatic rings. The number of benzene rings is 2. The molecule has 0 aliphatic carbocycles. The fourth-order valence-corrected chi connectivity index (χ4v) is 4.70. The second kappa shape index (κ2) is 8.51. The minimum absolute atomic E-state index is 0.0766. The van der Waals surface area contributed by atoms with Crippen LogP contribution in [0.25, 0.3) is 17.4 Å². The van der Waals surface area contributed by atoms with Gasteiger partial charge in [-0.2, -0.15) is 0 Å². The van der Waals surface area contributed by atoms with Crippen LogP contribution in [0.2, 0.25) is 10.0 Å². The van der Waals surface area contributed by atoms with Gasteiger partial charge in [-0.05, 0) is 55.0 Å². The zero-order chi connectivity index (χ0) is 22.3. The average Bonchev–Trinajstić information content (AvgIpc) is 3.29. The number of carbonyl (C=O) groups excluding carboxylic acids is 1. The van der Waals surface area contributed by atoms with E-state index in [9.17, 15) is 14.7 Å². The Labute approximate surface area is 197 Å². The van der Waals surface area contributed by atoms with Crippen LogP contribution in [-0.2, 0) is 4.79 Å². The SMILES string of the molecule is Cc1ccc(C(=O)O)cc1N1C(=O)/C(=C\c2ccc(-c3cc(Cl)ccc3Cl)o2)SC1=S. The molecule has 1 amide bonds. The monoisotopic (exact) mass is 489 g/mol. The highest BCUT2D eigenvalue weighted by molar-refractivity contribution is 8.27. The number of rotatable bonds is 4. The zero-order valence-electron chi connectivity index (χ0n) is 15.9. The maximum absolute atomic E-state index is 13.1. The summed E-state index contributed by atoms with van der Waals surface area (Å²) in [4.78, 5) is 26.1. The normalized spacial score (nSPS) is 15.2. The van der Waals surface area contributed by atoms with Crippen molar-refractivity contribution in [1.29, 1.82) is 0 Å². The molecule has 2 heterocycles. The van der Waals surface area contributed by atoms with Gasteiger partial charge in [-0.25, -0.2) is 4.79 Å². The predicted molar refractivity (Wildman–Crippen MR) is 128 cm³/mol. The molecular formula is C22H13Cl2NO4S2. The van der Waals surface area contributed by atoms with E-state index in [1.807, 2.05) is 0 Å². The molecule has 31 heavy (non-hydrogen) atoms. The summed E-state index contributed by atoms with van der Waals surface area (Å²) >= 11 is 18.8. The Bertz CT molecular complexity index is 1280. The molecule has 0 unspecified atom stereocenters. The van der Waals surface area contributed by atoms with E-state index < -0.39 is 5.97 Å². The summed E-state index contributed by atoms with van der Waals surface area (Å²) < 4.78 is 6.15. The molecule has 9 heteroatoms. The number of carboxylic acid groups (broad SMARTS) is 1. The first-order valence-electron chi connectivity index (χ1n) is 8.92. The number of aromatic carboxylic acids is 1. The molecule has 0 saturated carbocycles. The second-order valence-electron chi connectivity index (χ2n) is 6.65. The number of thiocarbonyl (C=S) groups is 1. The number of nitrogens with zero attached hydrogens (tertiary/aromatic N) is 1. The standard InChI is InChI=1S/C22H13Cl2NO4S2/c1-11-2-3-12(21(27)28)8-17(11)25-20(26)19(31-22(25)30)10-14-5-7-18(29-14)15-9-13(23)4-6-16(15)24/h2-10H,1H3,(H,27,28)/b19-10+. The molecule has 2 aromatic carbocycles. The molecule has 1 aromatic heterocycles. The molecule has 156 valence electrons. The zero-order valence-corrected chi connectivity index (χ0v) is 19.0. The van der Waals surface area contributed by atoms with Gasteiger partial charge in [0, 0.05) is 16.7 Å². The Kier molecular flexibility index (Phi) is 5.94. The lowest BCUT2D eigenvalue weighted by molar-refractivity contribution is -0.113. The van der Waals surface area contributed by atoms with Crippen molar-refractivity contribution in [2.45, 2.75) is 6.92 Å². The van der Waals surface area contributed by atoms with Crippen LogP contribution in [-0.4, -0.2) is 21.3 Å². The molecule has 1 aliphatic heterocycles. The summed E-state index contributed by atoms with van der Waals surface area (Å²) in [5, 5.41) is 10.3. The third-order valence-electron chi connectivity index (χ3n) is 4.58. The Morgan fingerprint density at radius 2 is 1.94 bits per heavy atom. The van der Waals surface area contributed by atoms with E-state index in [4.69, 9.17) is 39.8 Å². The summed E-state index contributed by atoms with van der Waals surface area (Å²) in [6, 6.07) is 13.1. The van der Waals surface area contributed by atoms with Crippen LogP contribution < -0.4 is 4.90 Å². The minimum Gasteiger partial charge on any atom is -0.478 e. The molecule has 3 aromatic rings. The summed E-state index contributed by atoms with van der Waals surface area (Å²) in [5.74, 6) is -0.466. The summed E-state index contributed by atoms with van der Waals surface area (Å²) in [5.41, 5.74) is 1.89. The second-order valence-corrected chi connectivity index (χ2v) is 9.17. The molecule has 0 atom stereocenters. The maximum Gasteiger partial charge on any atom is 0.335 e. The number of aryl methyl sites for hydroxylation is 1. The highest BCUT2D eigenvalue weighted by Gasteiger charge is 2.34. The quantitative estimate of drug-likeness (QED) is 0.326. The lowest BCUT2D eigenvalue weighted by atomic mass is 10.1. The van der Waals surface area contributed by atoms with Gasteiger partial charge in [0.15, 0.2) is 4.32 Å². The van der Waals surface area contributed by atoms with Crippen LogP contribution in [0.5, 0.6) is 0 Å². The van der Waals surface area contributed by atoms with Crippen molar-refractivity contribution in [3.63, 3.8) is 0 Å². The molecule has 5 nitrogen and oxygen atoms in total. The summed E-state index contributed by atoms with van der Waals surface area (Å²) in [6.07, 6.45) is 1.59. The van der Waals surface area contributed by atoms with E-state index >= 15 is 0 Å². The van der Waals surface area contributed by atoms with Gasteiger partial charge in [-0.15, -0.1) is 0 Å². The van der Waals surface area contributed by atoms with Crippen LogP contribution in [0.15, 0.2) is 57.9 Å². The smallest absolute Gasteiger partial charge is 0.335 e. The third kappa shape index (κ3) is 4.27. The van der Waals surface area contributed by atoms with Crippen molar-refractivity contribution in [1.82, 2.24) is 0 Å².